The first-order valence-corrected chi connectivity index (χ1v) is 9.64. The summed E-state index contributed by atoms with van der Waals surface area (Å²) in [5.41, 5.74) is -1.16. The summed E-state index contributed by atoms with van der Waals surface area (Å²) < 4.78 is 16.5. The Morgan fingerprint density at radius 1 is 0.970 bits per heavy atom. The van der Waals surface area contributed by atoms with E-state index >= 15 is 0 Å². The van der Waals surface area contributed by atoms with E-state index in [9.17, 15) is 40.5 Å². The topological polar surface area (TPSA) is 211 Å². The van der Waals surface area contributed by atoms with Crippen LogP contribution in [0.4, 0.5) is 0 Å². The maximum absolute atomic E-state index is 13.2. The average Bonchev–Trinajstić information content (AvgIpc) is 3.04. The molecule has 0 bridgehead atoms. The number of aromatic hydroxyl groups is 4. The first kappa shape index (κ1) is 22.6. The molecule has 1 saturated heterocycles. The third-order valence-electron chi connectivity index (χ3n) is 5.21. The number of hydrogen-bond donors (Lipinski definition) is 8. The summed E-state index contributed by atoms with van der Waals surface area (Å²) in [4.78, 5) is 13.2. The summed E-state index contributed by atoms with van der Waals surface area (Å²) in [6.45, 7) is -0.783. The maximum Gasteiger partial charge on any atom is 0.239 e. The van der Waals surface area contributed by atoms with E-state index in [0.717, 1.165) is 24.3 Å². The number of rotatable bonds is 5. The molecule has 0 spiro atoms. The van der Waals surface area contributed by atoms with E-state index in [4.69, 9.17) is 19.0 Å². The number of phenols is 4. The fourth-order valence-electron chi connectivity index (χ4n) is 3.54. The normalized spacial score (nSPS) is 23.6. The molecule has 0 radical (unpaired) electrons. The fraction of sp³-hybridized carbons (Fsp3) is 0.286. The Labute approximate surface area is 184 Å². The molecule has 12 heteroatoms. The van der Waals surface area contributed by atoms with Crippen molar-refractivity contribution in [3.63, 3.8) is 0 Å². The zero-order valence-electron chi connectivity index (χ0n) is 16.7. The number of aliphatic hydroxyl groups excluding tert-OH is 4. The summed E-state index contributed by atoms with van der Waals surface area (Å²) in [6, 6.07) is 5.38. The minimum absolute atomic E-state index is 0.0297. The number of aliphatic hydroxyl groups is 4. The van der Waals surface area contributed by atoms with Crippen LogP contribution in [-0.2, 0) is 4.74 Å². The summed E-state index contributed by atoms with van der Waals surface area (Å²) >= 11 is 0. The van der Waals surface area contributed by atoms with Gasteiger partial charge in [0.25, 0.3) is 0 Å². The molecule has 8 N–H and O–H groups in total. The van der Waals surface area contributed by atoms with Crippen LogP contribution in [0.3, 0.4) is 0 Å². The zero-order valence-corrected chi connectivity index (χ0v) is 16.7. The molecule has 2 heterocycles. The van der Waals surface area contributed by atoms with E-state index in [-0.39, 0.29) is 22.3 Å². The molecule has 176 valence electrons. The average molecular weight is 464 g/mol. The molecule has 1 aliphatic rings. The highest BCUT2D eigenvalue weighted by Crippen LogP contribution is 2.39. The van der Waals surface area contributed by atoms with Crippen LogP contribution in [0.1, 0.15) is 0 Å². The van der Waals surface area contributed by atoms with Gasteiger partial charge in [-0.05, 0) is 18.2 Å². The van der Waals surface area contributed by atoms with Crippen molar-refractivity contribution in [2.75, 3.05) is 6.61 Å². The van der Waals surface area contributed by atoms with Crippen molar-refractivity contribution < 1.29 is 54.7 Å². The van der Waals surface area contributed by atoms with Crippen LogP contribution in [0.15, 0.2) is 39.5 Å². The van der Waals surface area contributed by atoms with Gasteiger partial charge in [-0.15, -0.1) is 0 Å². The van der Waals surface area contributed by atoms with Crippen LogP contribution in [0, 0.1) is 0 Å². The number of phenolic OH excluding ortho intramolecular Hbond substituents is 4. The number of fused-ring (bicyclic) bond motifs is 1. The van der Waals surface area contributed by atoms with Gasteiger partial charge in [-0.3, -0.25) is 4.79 Å². The molecule has 1 aliphatic heterocycles. The van der Waals surface area contributed by atoms with Gasteiger partial charge in [-0.25, -0.2) is 0 Å². The second-order valence-corrected chi connectivity index (χ2v) is 7.45. The minimum atomic E-state index is -1.75. The second kappa shape index (κ2) is 8.42. The van der Waals surface area contributed by atoms with E-state index in [1.54, 1.807) is 0 Å². The smallest absolute Gasteiger partial charge is 0.239 e. The molecule has 1 unspecified atom stereocenters. The fourth-order valence-corrected chi connectivity index (χ4v) is 3.54. The molecule has 4 rings (SSSR count). The largest absolute Gasteiger partial charge is 0.508 e. The summed E-state index contributed by atoms with van der Waals surface area (Å²) in [5.74, 6) is -3.00. The minimum Gasteiger partial charge on any atom is -0.508 e. The van der Waals surface area contributed by atoms with E-state index in [0.29, 0.717) is 0 Å². The van der Waals surface area contributed by atoms with Gasteiger partial charge >= 0.3 is 0 Å². The van der Waals surface area contributed by atoms with Crippen molar-refractivity contribution >= 4 is 11.0 Å². The molecule has 12 nitrogen and oxygen atoms in total. The van der Waals surface area contributed by atoms with Crippen molar-refractivity contribution in [2.24, 2.45) is 0 Å². The van der Waals surface area contributed by atoms with Gasteiger partial charge in [0, 0.05) is 17.7 Å². The Balaban J connectivity index is 1.88. The van der Waals surface area contributed by atoms with Crippen LogP contribution in [-0.4, -0.2) is 78.2 Å². The van der Waals surface area contributed by atoms with Crippen LogP contribution in [0.2, 0.25) is 0 Å². The number of ether oxygens (including phenoxy) is 2. The van der Waals surface area contributed by atoms with Crippen LogP contribution < -0.4 is 10.2 Å². The monoisotopic (exact) mass is 464 g/mol. The lowest BCUT2D eigenvalue weighted by Crippen LogP contribution is -2.40. The third kappa shape index (κ3) is 3.90. The highest BCUT2D eigenvalue weighted by atomic mass is 16.7. The van der Waals surface area contributed by atoms with Crippen molar-refractivity contribution in [3.05, 3.63) is 40.6 Å². The molecule has 0 saturated carbocycles. The third-order valence-corrected chi connectivity index (χ3v) is 5.21. The van der Waals surface area contributed by atoms with Gasteiger partial charge in [0.2, 0.25) is 17.5 Å². The molecule has 1 fully saturated rings. The highest BCUT2D eigenvalue weighted by molar-refractivity contribution is 5.88. The molecular weight excluding hydrogens is 444 g/mol. The Kier molecular flexibility index (Phi) is 5.78. The SMILES string of the molecule is O=c1c(O[C@@H]2O[C@H](C(O)CO)[C@H](O)[C@H]2O)c(-c2ccc(O)c(O)c2)oc2cc(O)cc(O)c12. The van der Waals surface area contributed by atoms with E-state index in [1.807, 2.05) is 0 Å². The van der Waals surface area contributed by atoms with Crippen LogP contribution in [0.5, 0.6) is 28.7 Å². The van der Waals surface area contributed by atoms with Gasteiger partial charge in [0.1, 0.15) is 46.9 Å². The quantitative estimate of drug-likeness (QED) is 0.224. The predicted octanol–water partition coefficient (Wildman–Crippen LogP) is -0.539. The van der Waals surface area contributed by atoms with Crippen molar-refractivity contribution in [2.45, 2.75) is 30.7 Å². The summed E-state index contributed by atoms with van der Waals surface area (Å²) in [5, 5.41) is 78.3. The zero-order chi connectivity index (χ0) is 24.0. The Hall–Kier alpha value is -3.55. The molecular formula is C21H20O12. The Morgan fingerprint density at radius 3 is 2.36 bits per heavy atom. The van der Waals surface area contributed by atoms with Crippen LogP contribution in [0.25, 0.3) is 22.3 Å². The molecule has 33 heavy (non-hydrogen) atoms. The van der Waals surface area contributed by atoms with Gasteiger partial charge < -0.3 is 54.7 Å². The summed E-state index contributed by atoms with van der Waals surface area (Å²) in [6.07, 6.45) is -8.11. The molecule has 2 aromatic carbocycles. The Bertz CT molecular complexity index is 1250. The molecule has 0 amide bonds. The van der Waals surface area contributed by atoms with E-state index < -0.39 is 71.5 Å². The summed E-state index contributed by atoms with van der Waals surface area (Å²) in [7, 11) is 0. The number of benzene rings is 2. The predicted molar refractivity (Wildman–Crippen MR) is 109 cm³/mol. The molecule has 0 aliphatic carbocycles. The Morgan fingerprint density at radius 2 is 1.70 bits per heavy atom. The van der Waals surface area contributed by atoms with Crippen LogP contribution >= 0.6 is 0 Å². The van der Waals surface area contributed by atoms with Gasteiger partial charge in [0.05, 0.1) is 6.61 Å². The second-order valence-electron chi connectivity index (χ2n) is 7.45. The van der Waals surface area contributed by atoms with E-state index in [2.05, 4.69) is 0 Å². The molecule has 3 aromatic rings. The van der Waals surface area contributed by atoms with Crippen molar-refractivity contribution in [3.8, 4) is 40.1 Å². The maximum atomic E-state index is 13.2. The molecule has 1 aromatic heterocycles. The number of hydrogen-bond acceptors (Lipinski definition) is 12. The van der Waals surface area contributed by atoms with Crippen molar-refractivity contribution in [1.29, 1.82) is 0 Å². The lowest BCUT2D eigenvalue weighted by atomic mass is 10.1. The van der Waals surface area contributed by atoms with Gasteiger partial charge in [-0.2, -0.15) is 0 Å². The first-order valence-electron chi connectivity index (χ1n) is 9.64. The first-order chi connectivity index (χ1) is 15.6. The van der Waals surface area contributed by atoms with Crippen molar-refractivity contribution in [1.82, 2.24) is 0 Å². The lowest BCUT2D eigenvalue weighted by molar-refractivity contribution is -0.137. The van der Waals surface area contributed by atoms with E-state index in [1.165, 1.54) is 6.07 Å². The highest BCUT2D eigenvalue weighted by Gasteiger charge is 2.47. The van der Waals surface area contributed by atoms with Gasteiger partial charge in [-0.1, -0.05) is 0 Å². The lowest BCUT2D eigenvalue weighted by Gasteiger charge is -2.19. The van der Waals surface area contributed by atoms with Gasteiger partial charge in [0.15, 0.2) is 17.3 Å². The molecule has 5 atom stereocenters. The standard InChI is InChI=1S/C21H20O12/c22-6-12(27)19-16(29)17(30)21(32-19)33-20-15(28)14-11(26)4-8(23)5-13(14)31-18(20)7-1-2-9(24)10(25)3-7/h1-5,12,16-17,19,21-27,29-30H,6H2/t12?,16-,17-,19-,21+/m1/s1.